The van der Waals surface area contributed by atoms with E-state index in [1.54, 1.807) is 0 Å². The molecule has 0 aromatic carbocycles. The molecule has 1 atom stereocenters. The fourth-order valence-corrected chi connectivity index (χ4v) is 1.20. The summed E-state index contributed by atoms with van der Waals surface area (Å²) < 4.78 is 1.04. The van der Waals surface area contributed by atoms with E-state index >= 15 is 0 Å². The molecule has 0 radical (unpaired) electrons. The minimum Gasteiger partial charge on any atom is -0.388 e. The highest BCUT2D eigenvalue weighted by Crippen LogP contribution is 2.22. The van der Waals surface area contributed by atoms with E-state index in [9.17, 15) is 5.11 Å². The van der Waals surface area contributed by atoms with Gasteiger partial charge in [0.1, 0.15) is 0 Å². The molecular formula is C7H9IO. The molecule has 0 aliphatic heterocycles. The largest absolute Gasteiger partial charge is 0.388 e. The van der Waals surface area contributed by atoms with Crippen LogP contribution in [0.1, 0.15) is 13.3 Å². The van der Waals surface area contributed by atoms with Crippen LogP contribution in [-0.2, 0) is 0 Å². The van der Waals surface area contributed by atoms with Crippen molar-refractivity contribution in [1.29, 1.82) is 0 Å². The average Bonchev–Trinajstić information content (AvgIpc) is 1.80. The zero-order chi connectivity index (χ0) is 6.85. The van der Waals surface area contributed by atoms with Crippen molar-refractivity contribution in [3.63, 3.8) is 0 Å². The molecule has 1 aliphatic carbocycles. The predicted octanol–water partition coefficient (Wildman–Crippen LogP) is 2.02. The van der Waals surface area contributed by atoms with E-state index < -0.39 is 0 Å². The fraction of sp³-hybridized carbons (Fsp3) is 0.429. The Bertz CT molecular complexity index is 170. The van der Waals surface area contributed by atoms with Crippen LogP contribution in [0.5, 0.6) is 0 Å². The van der Waals surface area contributed by atoms with Crippen LogP contribution < -0.4 is 0 Å². The molecule has 1 nitrogen and oxygen atoms in total. The van der Waals surface area contributed by atoms with Gasteiger partial charge in [-0.25, -0.2) is 0 Å². The first-order valence-electron chi connectivity index (χ1n) is 2.91. The van der Waals surface area contributed by atoms with Crippen molar-refractivity contribution in [3.05, 3.63) is 21.3 Å². The molecule has 2 heteroatoms. The average molecular weight is 236 g/mol. The Labute approximate surface area is 68.6 Å². The molecule has 9 heavy (non-hydrogen) atoms. The summed E-state index contributed by atoms with van der Waals surface area (Å²) >= 11 is 2.16. The van der Waals surface area contributed by atoms with Crippen LogP contribution in [0.3, 0.4) is 0 Å². The Morgan fingerprint density at radius 3 is 2.78 bits per heavy atom. The molecule has 0 aromatic rings. The first kappa shape index (κ1) is 7.28. The summed E-state index contributed by atoms with van der Waals surface area (Å²) in [6, 6.07) is 0. The normalized spacial score (nSPS) is 27.2. The molecular weight excluding hydrogens is 227 g/mol. The van der Waals surface area contributed by atoms with Gasteiger partial charge in [-0.1, -0.05) is 17.7 Å². The van der Waals surface area contributed by atoms with Gasteiger partial charge in [-0.3, -0.25) is 0 Å². The smallest absolute Gasteiger partial charge is 0.0883 e. The molecule has 0 saturated carbocycles. The first-order valence-corrected chi connectivity index (χ1v) is 3.99. The van der Waals surface area contributed by atoms with E-state index in [1.807, 2.05) is 13.0 Å². The Morgan fingerprint density at radius 1 is 1.67 bits per heavy atom. The Morgan fingerprint density at radius 2 is 2.33 bits per heavy atom. The lowest BCUT2D eigenvalue weighted by atomic mass is 10.1. The lowest BCUT2D eigenvalue weighted by Crippen LogP contribution is -2.08. The van der Waals surface area contributed by atoms with Gasteiger partial charge in [0.25, 0.3) is 0 Å². The highest BCUT2D eigenvalue weighted by molar-refractivity contribution is 14.1. The summed E-state index contributed by atoms with van der Waals surface area (Å²) in [5.74, 6) is 0. The predicted molar refractivity (Wildman–Crippen MR) is 46.5 cm³/mol. The Balaban J connectivity index is 2.74. The number of rotatable bonds is 0. The minimum absolute atomic E-state index is 0.240. The molecule has 0 heterocycles. The zero-order valence-electron chi connectivity index (χ0n) is 5.26. The van der Waals surface area contributed by atoms with Gasteiger partial charge < -0.3 is 5.11 Å². The standard InChI is InChI=1S/C7H9IO/c1-5-2-3-6(8)7(9)4-5/h2-3,7,9H,4H2,1H3. The number of halogens is 1. The van der Waals surface area contributed by atoms with Crippen LogP contribution in [0.15, 0.2) is 21.3 Å². The van der Waals surface area contributed by atoms with Crippen molar-refractivity contribution in [3.8, 4) is 0 Å². The van der Waals surface area contributed by atoms with Gasteiger partial charge in [-0.05, 0) is 35.9 Å². The van der Waals surface area contributed by atoms with E-state index in [0.717, 1.165) is 10.0 Å². The van der Waals surface area contributed by atoms with Crippen LogP contribution in [0.2, 0.25) is 0 Å². The number of hydrogen-bond donors (Lipinski definition) is 1. The molecule has 50 valence electrons. The van der Waals surface area contributed by atoms with Crippen molar-refractivity contribution < 1.29 is 5.11 Å². The second-order valence-electron chi connectivity index (χ2n) is 2.28. The molecule has 0 bridgehead atoms. The molecule has 0 fully saturated rings. The van der Waals surface area contributed by atoms with Crippen molar-refractivity contribution >= 4 is 22.6 Å². The second-order valence-corrected chi connectivity index (χ2v) is 3.53. The van der Waals surface area contributed by atoms with E-state index in [0.29, 0.717) is 0 Å². The number of aliphatic hydroxyl groups is 1. The van der Waals surface area contributed by atoms with Crippen molar-refractivity contribution in [1.82, 2.24) is 0 Å². The highest BCUT2D eigenvalue weighted by Gasteiger charge is 2.10. The van der Waals surface area contributed by atoms with E-state index in [2.05, 4.69) is 28.7 Å². The summed E-state index contributed by atoms with van der Waals surface area (Å²) in [5, 5.41) is 9.23. The Kier molecular flexibility index (Phi) is 2.29. The third-order valence-electron chi connectivity index (χ3n) is 1.36. The van der Waals surface area contributed by atoms with Gasteiger partial charge in [-0.15, -0.1) is 0 Å². The molecule has 0 amide bonds. The lowest BCUT2D eigenvalue weighted by molar-refractivity contribution is 0.220. The summed E-state index contributed by atoms with van der Waals surface area (Å²) in [7, 11) is 0. The summed E-state index contributed by atoms with van der Waals surface area (Å²) in [6.45, 7) is 2.03. The molecule has 1 N–H and O–H groups in total. The van der Waals surface area contributed by atoms with Gasteiger partial charge in [0.05, 0.1) is 6.10 Å². The van der Waals surface area contributed by atoms with Crippen LogP contribution in [0.25, 0.3) is 0 Å². The third-order valence-corrected chi connectivity index (χ3v) is 2.44. The third kappa shape index (κ3) is 1.79. The lowest BCUT2D eigenvalue weighted by Gasteiger charge is -2.13. The van der Waals surface area contributed by atoms with E-state index in [1.165, 1.54) is 5.57 Å². The summed E-state index contributed by atoms with van der Waals surface area (Å²) in [6.07, 6.45) is 4.57. The SMILES string of the molecule is CC1=CC=C(I)C(O)C1. The number of allylic oxidation sites excluding steroid dienone is 2. The molecule has 0 aromatic heterocycles. The van der Waals surface area contributed by atoms with E-state index in [-0.39, 0.29) is 6.10 Å². The maximum absolute atomic E-state index is 9.23. The van der Waals surface area contributed by atoms with Crippen LogP contribution in [-0.4, -0.2) is 11.2 Å². The van der Waals surface area contributed by atoms with Gasteiger partial charge in [0.2, 0.25) is 0 Å². The molecule has 1 rings (SSSR count). The maximum Gasteiger partial charge on any atom is 0.0883 e. The second kappa shape index (κ2) is 2.84. The van der Waals surface area contributed by atoms with Crippen molar-refractivity contribution in [2.75, 3.05) is 0 Å². The summed E-state index contributed by atoms with van der Waals surface area (Å²) in [4.78, 5) is 0. The quantitative estimate of drug-likeness (QED) is 0.638. The van der Waals surface area contributed by atoms with Crippen molar-refractivity contribution in [2.45, 2.75) is 19.4 Å². The topological polar surface area (TPSA) is 20.2 Å². The van der Waals surface area contributed by atoms with Crippen LogP contribution >= 0.6 is 22.6 Å². The fourth-order valence-electron chi connectivity index (χ4n) is 0.803. The number of hydrogen-bond acceptors (Lipinski definition) is 1. The van der Waals surface area contributed by atoms with Gasteiger partial charge >= 0.3 is 0 Å². The molecule has 0 saturated heterocycles. The van der Waals surface area contributed by atoms with Gasteiger partial charge in [-0.2, -0.15) is 0 Å². The van der Waals surface area contributed by atoms with E-state index in [4.69, 9.17) is 0 Å². The minimum atomic E-state index is -0.240. The molecule has 1 unspecified atom stereocenters. The monoisotopic (exact) mass is 236 g/mol. The van der Waals surface area contributed by atoms with Crippen LogP contribution in [0.4, 0.5) is 0 Å². The highest BCUT2D eigenvalue weighted by atomic mass is 127. The Hall–Kier alpha value is 0.170. The molecule has 1 aliphatic rings. The first-order chi connectivity index (χ1) is 4.20. The van der Waals surface area contributed by atoms with Gasteiger partial charge in [0.15, 0.2) is 0 Å². The van der Waals surface area contributed by atoms with Gasteiger partial charge in [0, 0.05) is 3.58 Å². The zero-order valence-corrected chi connectivity index (χ0v) is 7.42. The van der Waals surface area contributed by atoms with Crippen molar-refractivity contribution in [2.24, 2.45) is 0 Å². The molecule has 0 spiro atoms. The maximum atomic E-state index is 9.23. The number of aliphatic hydroxyl groups excluding tert-OH is 1. The summed E-state index contributed by atoms with van der Waals surface area (Å²) in [5.41, 5.74) is 1.25. The van der Waals surface area contributed by atoms with Crippen LogP contribution in [0, 0.1) is 0 Å².